The molecule has 0 atom stereocenters. The second-order valence-electron chi connectivity index (χ2n) is 6.20. The Balaban J connectivity index is 2.82. The molecule has 0 amide bonds. The molecular formula is C21H30O4. The number of ether oxygens (including phenoxy) is 2. The third-order valence-electron chi connectivity index (χ3n) is 3.81. The SMILES string of the molecule is CCCCCCCC=C(Cc1ccccc1)C(OC(C)=O)OC(C)=O. The summed E-state index contributed by atoms with van der Waals surface area (Å²) in [7, 11) is 0. The van der Waals surface area contributed by atoms with Gasteiger partial charge in [0.2, 0.25) is 0 Å². The van der Waals surface area contributed by atoms with Gasteiger partial charge in [-0.25, -0.2) is 0 Å². The minimum atomic E-state index is -0.953. The topological polar surface area (TPSA) is 52.6 Å². The highest BCUT2D eigenvalue weighted by molar-refractivity contribution is 5.68. The average molecular weight is 346 g/mol. The molecule has 1 rings (SSSR count). The number of rotatable bonds is 11. The van der Waals surface area contributed by atoms with Crippen LogP contribution in [0.3, 0.4) is 0 Å². The van der Waals surface area contributed by atoms with Crippen LogP contribution in [0.2, 0.25) is 0 Å². The highest BCUT2D eigenvalue weighted by atomic mass is 16.7. The Morgan fingerprint density at radius 3 is 2.12 bits per heavy atom. The van der Waals surface area contributed by atoms with Crippen molar-refractivity contribution in [2.24, 2.45) is 0 Å². The molecule has 0 spiro atoms. The zero-order valence-corrected chi connectivity index (χ0v) is 15.6. The minimum absolute atomic E-state index is 0.465. The molecule has 0 N–H and O–H groups in total. The summed E-state index contributed by atoms with van der Waals surface area (Å²) in [4.78, 5) is 22.8. The van der Waals surface area contributed by atoms with E-state index in [0.717, 1.165) is 24.0 Å². The van der Waals surface area contributed by atoms with E-state index in [4.69, 9.17) is 9.47 Å². The number of hydrogen-bond donors (Lipinski definition) is 0. The molecule has 0 aromatic heterocycles. The first-order valence-electron chi connectivity index (χ1n) is 9.10. The quantitative estimate of drug-likeness (QED) is 0.246. The summed E-state index contributed by atoms with van der Waals surface area (Å²) in [5.74, 6) is -0.929. The molecular weight excluding hydrogens is 316 g/mol. The maximum atomic E-state index is 11.4. The first-order valence-corrected chi connectivity index (χ1v) is 9.10. The monoisotopic (exact) mass is 346 g/mol. The lowest BCUT2D eigenvalue weighted by Gasteiger charge is -2.20. The Morgan fingerprint density at radius 2 is 1.56 bits per heavy atom. The fourth-order valence-electron chi connectivity index (χ4n) is 2.60. The largest absolute Gasteiger partial charge is 0.421 e. The number of allylic oxidation sites excluding steroid dienone is 1. The van der Waals surface area contributed by atoms with Crippen molar-refractivity contribution in [1.82, 2.24) is 0 Å². The Labute approximate surface area is 151 Å². The molecule has 0 aliphatic heterocycles. The zero-order valence-electron chi connectivity index (χ0n) is 15.6. The molecule has 4 nitrogen and oxygen atoms in total. The van der Waals surface area contributed by atoms with Crippen molar-refractivity contribution < 1.29 is 19.1 Å². The standard InChI is InChI=1S/C21H30O4/c1-4-5-6-7-8-12-15-20(16-19-13-10-9-11-14-19)21(24-17(2)22)25-18(3)23/h9-11,13-15,21H,4-8,12,16H2,1-3H3. The summed E-state index contributed by atoms with van der Waals surface area (Å²) in [6.07, 6.45) is 8.52. The first kappa shape index (κ1) is 20.9. The molecule has 0 saturated heterocycles. The van der Waals surface area contributed by atoms with E-state index in [1.807, 2.05) is 30.3 Å². The van der Waals surface area contributed by atoms with Gasteiger partial charge in [0.1, 0.15) is 0 Å². The van der Waals surface area contributed by atoms with E-state index in [1.165, 1.54) is 39.5 Å². The van der Waals surface area contributed by atoms with Crippen LogP contribution >= 0.6 is 0 Å². The number of hydrogen-bond acceptors (Lipinski definition) is 4. The molecule has 0 heterocycles. The first-order chi connectivity index (χ1) is 12.0. The van der Waals surface area contributed by atoms with Gasteiger partial charge in [-0.15, -0.1) is 0 Å². The van der Waals surface area contributed by atoms with Crippen LogP contribution in [-0.2, 0) is 25.5 Å². The predicted molar refractivity (Wildman–Crippen MR) is 98.9 cm³/mol. The van der Waals surface area contributed by atoms with Gasteiger partial charge in [-0.05, 0) is 18.4 Å². The van der Waals surface area contributed by atoms with Crippen molar-refractivity contribution in [2.45, 2.75) is 72.0 Å². The van der Waals surface area contributed by atoms with Crippen LogP contribution in [0.1, 0.15) is 64.9 Å². The molecule has 0 bridgehead atoms. The van der Waals surface area contributed by atoms with E-state index in [0.29, 0.717) is 6.42 Å². The second-order valence-corrected chi connectivity index (χ2v) is 6.20. The molecule has 138 valence electrons. The third kappa shape index (κ3) is 9.70. The van der Waals surface area contributed by atoms with E-state index in [2.05, 4.69) is 13.0 Å². The van der Waals surface area contributed by atoms with Crippen LogP contribution in [0, 0.1) is 0 Å². The molecule has 1 aromatic rings. The van der Waals surface area contributed by atoms with Gasteiger partial charge in [0.15, 0.2) is 0 Å². The molecule has 0 radical (unpaired) electrons. The lowest BCUT2D eigenvalue weighted by atomic mass is 10.0. The number of benzene rings is 1. The van der Waals surface area contributed by atoms with Gasteiger partial charge in [0.05, 0.1) is 0 Å². The van der Waals surface area contributed by atoms with Crippen LogP contribution in [0.15, 0.2) is 42.0 Å². The smallest absolute Gasteiger partial charge is 0.305 e. The molecule has 0 aliphatic rings. The normalized spacial score (nSPS) is 11.4. The Kier molecular flexibility index (Phi) is 10.3. The van der Waals surface area contributed by atoms with E-state index >= 15 is 0 Å². The third-order valence-corrected chi connectivity index (χ3v) is 3.81. The number of carbonyl (C=O) groups excluding carboxylic acids is 2. The molecule has 4 heteroatoms. The van der Waals surface area contributed by atoms with Gasteiger partial charge in [-0.1, -0.05) is 69.0 Å². The van der Waals surface area contributed by atoms with Gasteiger partial charge in [-0.3, -0.25) is 9.59 Å². The molecule has 25 heavy (non-hydrogen) atoms. The van der Waals surface area contributed by atoms with Gasteiger partial charge in [0, 0.05) is 25.8 Å². The van der Waals surface area contributed by atoms with E-state index in [-0.39, 0.29) is 0 Å². The maximum Gasteiger partial charge on any atom is 0.305 e. The maximum absolute atomic E-state index is 11.4. The predicted octanol–water partition coefficient (Wildman–Crippen LogP) is 4.97. The Morgan fingerprint density at radius 1 is 0.960 bits per heavy atom. The van der Waals surface area contributed by atoms with Crippen LogP contribution in [0.4, 0.5) is 0 Å². The highest BCUT2D eigenvalue weighted by Gasteiger charge is 2.21. The van der Waals surface area contributed by atoms with Crippen molar-refractivity contribution in [3.63, 3.8) is 0 Å². The number of unbranched alkanes of at least 4 members (excludes halogenated alkanes) is 5. The summed E-state index contributed by atoms with van der Waals surface area (Å²) in [5, 5.41) is 0. The van der Waals surface area contributed by atoms with Crippen LogP contribution in [0.25, 0.3) is 0 Å². The molecule has 0 unspecified atom stereocenters. The second kappa shape index (κ2) is 12.3. The van der Waals surface area contributed by atoms with Crippen molar-refractivity contribution in [2.75, 3.05) is 0 Å². The summed E-state index contributed by atoms with van der Waals surface area (Å²) in [6.45, 7) is 4.84. The fraction of sp³-hybridized carbons (Fsp3) is 0.524. The average Bonchev–Trinajstić information content (AvgIpc) is 2.56. The van der Waals surface area contributed by atoms with Crippen molar-refractivity contribution in [3.05, 3.63) is 47.5 Å². The molecule has 0 aliphatic carbocycles. The molecule has 1 aromatic carbocycles. The van der Waals surface area contributed by atoms with Crippen molar-refractivity contribution in [3.8, 4) is 0 Å². The van der Waals surface area contributed by atoms with Crippen molar-refractivity contribution in [1.29, 1.82) is 0 Å². The van der Waals surface area contributed by atoms with Crippen molar-refractivity contribution >= 4 is 11.9 Å². The summed E-state index contributed by atoms with van der Waals surface area (Å²) >= 11 is 0. The van der Waals surface area contributed by atoms with Gasteiger partial charge in [0.25, 0.3) is 6.29 Å². The van der Waals surface area contributed by atoms with Gasteiger partial charge in [-0.2, -0.15) is 0 Å². The van der Waals surface area contributed by atoms with Gasteiger partial charge < -0.3 is 9.47 Å². The summed E-state index contributed by atoms with van der Waals surface area (Å²) in [5.41, 5.74) is 1.90. The number of esters is 2. The lowest BCUT2D eigenvalue weighted by molar-refractivity contribution is -0.178. The molecule has 0 fully saturated rings. The van der Waals surface area contributed by atoms with Crippen LogP contribution < -0.4 is 0 Å². The highest BCUT2D eigenvalue weighted by Crippen LogP contribution is 2.18. The summed E-state index contributed by atoms with van der Waals surface area (Å²) < 4.78 is 10.5. The number of carbonyl (C=O) groups is 2. The van der Waals surface area contributed by atoms with Crippen LogP contribution in [-0.4, -0.2) is 18.2 Å². The van der Waals surface area contributed by atoms with E-state index < -0.39 is 18.2 Å². The van der Waals surface area contributed by atoms with Crippen LogP contribution in [0.5, 0.6) is 0 Å². The lowest BCUT2D eigenvalue weighted by Crippen LogP contribution is -2.25. The van der Waals surface area contributed by atoms with E-state index in [1.54, 1.807) is 0 Å². The fourth-order valence-corrected chi connectivity index (χ4v) is 2.60. The minimum Gasteiger partial charge on any atom is -0.421 e. The Hall–Kier alpha value is -2.10. The summed E-state index contributed by atoms with van der Waals surface area (Å²) in [6, 6.07) is 9.90. The molecule has 0 saturated carbocycles. The Bertz CT molecular complexity index is 532. The zero-order chi connectivity index (χ0) is 18.5. The van der Waals surface area contributed by atoms with E-state index in [9.17, 15) is 9.59 Å². The van der Waals surface area contributed by atoms with Gasteiger partial charge >= 0.3 is 11.9 Å².